The summed E-state index contributed by atoms with van der Waals surface area (Å²) >= 11 is 0. The number of hydrogen-bond acceptors (Lipinski definition) is 3. The fourth-order valence-corrected chi connectivity index (χ4v) is 2.72. The molecule has 0 unspecified atom stereocenters. The van der Waals surface area contributed by atoms with Crippen LogP contribution in [-0.4, -0.2) is 27.6 Å². The third-order valence-electron chi connectivity index (χ3n) is 3.98. The molecule has 134 valence electrons. The molecule has 1 aromatic carbocycles. The van der Waals surface area contributed by atoms with Crippen LogP contribution in [0.4, 0.5) is 13.2 Å². The molecule has 0 saturated heterocycles. The summed E-state index contributed by atoms with van der Waals surface area (Å²) in [6, 6.07) is 10.4. The molecule has 0 aliphatic carbocycles. The van der Waals surface area contributed by atoms with Crippen LogP contribution in [0.3, 0.4) is 0 Å². The second kappa shape index (κ2) is 7.11. The Morgan fingerprint density at radius 1 is 1.19 bits per heavy atom. The van der Waals surface area contributed by atoms with Gasteiger partial charge in [-0.2, -0.15) is 13.2 Å². The molecule has 2 aromatic heterocycles. The van der Waals surface area contributed by atoms with E-state index in [2.05, 4.69) is 4.98 Å². The molecular weight excluding hydrogens is 345 g/mol. The molecular formula is C19H15F3N2O2. The van der Waals surface area contributed by atoms with Gasteiger partial charge in [0.25, 0.3) is 0 Å². The normalized spacial score (nSPS) is 11.7. The number of pyridine rings is 1. The molecule has 3 rings (SSSR count). The van der Waals surface area contributed by atoms with E-state index in [0.29, 0.717) is 16.8 Å². The van der Waals surface area contributed by atoms with E-state index in [4.69, 9.17) is 0 Å². The topological polar surface area (TPSA) is 51.4 Å². The summed E-state index contributed by atoms with van der Waals surface area (Å²) in [7, 11) is 0. The maximum atomic E-state index is 12.2. The average Bonchev–Trinajstić information content (AvgIpc) is 3.02. The molecule has 0 saturated carbocycles. The second-order valence-electron chi connectivity index (χ2n) is 5.98. The number of carbonyl (C=O) groups is 2. The lowest BCUT2D eigenvalue weighted by Gasteiger charge is -2.07. The molecule has 0 bridgehead atoms. The number of Topliss-reactive ketones (excluding diaryl/α,β-unsaturated/α-hetero) is 1. The Morgan fingerprint density at radius 2 is 2.00 bits per heavy atom. The number of carbonyl (C=O) groups excluding carboxylic acids is 2. The molecule has 2 heterocycles. The first-order valence-corrected chi connectivity index (χ1v) is 7.96. The smallest absolute Gasteiger partial charge is 0.300 e. The first-order chi connectivity index (χ1) is 12.4. The van der Waals surface area contributed by atoms with Gasteiger partial charge in [0.1, 0.15) is 17.7 Å². The molecule has 26 heavy (non-hydrogen) atoms. The highest BCUT2D eigenvalue weighted by atomic mass is 19.4. The summed E-state index contributed by atoms with van der Waals surface area (Å²) in [5.41, 5.74) is 3.32. The van der Waals surface area contributed by atoms with Crippen molar-refractivity contribution >= 4 is 17.7 Å². The van der Waals surface area contributed by atoms with Gasteiger partial charge in [0.05, 0.1) is 18.3 Å². The van der Waals surface area contributed by atoms with Crippen molar-refractivity contribution in [3.8, 4) is 11.3 Å². The van der Waals surface area contributed by atoms with Gasteiger partial charge in [-0.3, -0.25) is 14.0 Å². The summed E-state index contributed by atoms with van der Waals surface area (Å²) in [6.07, 6.45) is -1.88. The number of aldehydes is 1. The third-order valence-corrected chi connectivity index (χ3v) is 3.98. The van der Waals surface area contributed by atoms with E-state index in [1.165, 1.54) is 0 Å². The third kappa shape index (κ3) is 4.17. The fourth-order valence-electron chi connectivity index (χ4n) is 2.72. The maximum absolute atomic E-state index is 12.2. The van der Waals surface area contributed by atoms with Gasteiger partial charge in [-0.1, -0.05) is 18.2 Å². The fraction of sp³-hybridized carbons (Fsp3) is 0.211. The van der Waals surface area contributed by atoms with E-state index in [1.807, 2.05) is 6.07 Å². The van der Waals surface area contributed by atoms with Crippen LogP contribution in [0.1, 0.15) is 28.8 Å². The highest BCUT2D eigenvalue weighted by Crippen LogP contribution is 2.24. The zero-order valence-corrected chi connectivity index (χ0v) is 13.7. The number of rotatable bonds is 6. The Bertz CT molecular complexity index is 961. The molecule has 0 atom stereocenters. The Balaban J connectivity index is 1.81. The lowest BCUT2D eigenvalue weighted by Crippen LogP contribution is -2.12. The highest BCUT2D eigenvalue weighted by molar-refractivity contribution is 5.81. The minimum atomic E-state index is -4.33. The number of alkyl halides is 3. The number of hydrogen-bond donors (Lipinski definition) is 0. The zero-order chi connectivity index (χ0) is 18.7. The van der Waals surface area contributed by atoms with E-state index in [0.717, 1.165) is 17.5 Å². The molecule has 3 aromatic rings. The van der Waals surface area contributed by atoms with E-state index >= 15 is 0 Å². The molecule has 0 amide bonds. The van der Waals surface area contributed by atoms with E-state index in [9.17, 15) is 22.8 Å². The standard InChI is InChI=1S/C19H15F3N2O2/c20-19(21,22)6-4-16(26)9-13-2-1-3-15(8-13)17-11-23-18-10-14(12-25)5-7-24(17)18/h1-3,5,7-8,10-12H,4,6,9H2. The Labute approximate surface area is 147 Å². The number of imidazole rings is 1. The number of fused-ring (bicyclic) bond motifs is 1. The molecule has 4 nitrogen and oxygen atoms in total. The van der Waals surface area contributed by atoms with Crippen molar-refractivity contribution in [2.24, 2.45) is 0 Å². The van der Waals surface area contributed by atoms with Crippen LogP contribution < -0.4 is 0 Å². The van der Waals surface area contributed by atoms with Crippen LogP contribution in [0.15, 0.2) is 48.8 Å². The maximum Gasteiger partial charge on any atom is 0.389 e. The molecule has 0 radical (unpaired) electrons. The van der Waals surface area contributed by atoms with E-state index < -0.39 is 24.8 Å². The predicted octanol–water partition coefficient (Wildman–Crippen LogP) is 4.27. The lowest BCUT2D eigenvalue weighted by atomic mass is 10.0. The van der Waals surface area contributed by atoms with Crippen molar-refractivity contribution in [2.75, 3.05) is 0 Å². The average molecular weight is 360 g/mol. The van der Waals surface area contributed by atoms with Crippen molar-refractivity contribution < 1.29 is 22.8 Å². The number of ketones is 1. The SMILES string of the molecule is O=Cc1ccn2c(-c3cccc(CC(=O)CCC(F)(F)F)c3)cnc2c1. The largest absolute Gasteiger partial charge is 0.389 e. The highest BCUT2D eigenvalue weighted by Gasteiger charge is 2.27. The minimum absolute atomic E-state index is 0.0457. The second-order valence-corrected chi connectivity index (χ2v) is 5.98. The van der Waals surface area contributed by atoms with Crippen LogP contribution in [-0.2, 0) is 11.2 Å². The number of halogens is 3. The van der Waals surface area contributed by atoms with Crippen molar-refractivity contribution in [3.63, 3.8) is 0 Å². The summed E-state index contributed by atoms with van der Waals surface area (Å²) in [5.74, 6) is -0.451. The Morgan fingerprint density at radius 3 is 2.73 bits per heavy atom. The predicted molar refractivity (Wildman–Crippen MR) is 90.0 cm³/mol. The molecule has 0 spiro atoms. The van der Waals surface area contributed by atoms with Crippen LogP contribution in [0.2, 0.25) is 0 Å². The number of benzene rings is 1. The first-order valence-electron chi connectivity index (χ1n) is 7.96. The summed E-state index contributed by atoms with van der Waals surface area (Å²) in [4.78, 5) is 26.9. The number of nitrogens with zero attached hydrogens (tertiary/aromatic N) is 2. The van der Waals surface area contributed by atoms with Gasteiger partial charge in [-0.15, -0.1) is 0 Å². The number of aromatic nitrogens is 2. The van der Waals surface area contributed by atoms with Gasteiger partial charge in [-0.25, -0.2) is 4.98 Å². The van der Waals surface area contributed by atoms with E-state index in [-0.39, 0.29) is 6.42 Å². The molecule has 0 aliphatic heterocycles. The van der Waals surface area contributed by atoms with Gasteiger partial charge in [0.15, 0.2) is 0 Å². The Hall–Kier alpha value is -2.96. The quantitative estimate of drug-likeness (QED) is 0.617. The lowest BCUT2D eigenvalue weighted by molar-refractivity contribution is -0.143. The van der Waals surface area contributed by atoms with Gasteiger partial charge >= 0.3 is 6.18 Å². The van der Waals surface area contributed by atoms with Crippen LogP contribution in [0.25, 0.3) is 16.9 Å². The van der Waals surface area contributed by atoms with E-state index in [1.54, 1.807) is 47.1 Å². The molecule has 0 N–H and O–H groups in total. The van der Waals surface area contributed by atoms with Gasteiger partial charge in [-0.05, 0) is 23.8 Å². The summed E-state index contributed by atoms with van der Waals surface area (Å²) in [5, 5.41) is 0. The van der Waals surface area contributed by atoms with Gasteiger partial charge < -0.3 is 0 Å². The zero-order valence-electron chi connectivity index (χ0n) is 13.7. The van der Waals surface area contributed by atoms with Crippen molar-refractivity contribution in [1.29, 1.82) is 0 Å². The molecule has 0 fully saturated rings. The van der Waals surface area contributed by atoms with Crippen molar-refractivity contribution in [3.05, 3.63) is 59.9 Å². The van der Waals surface area contributed by atoms with Crippen molar-refractivity contribution in [2.45, 2.75) is 25.4 Å². The van der Waals surface area contributed by atoms with Crippen LogP contribution >= 0.6 is 0 Å². The first kappa shape index (κ1) is 17.8. The summed E-state index contributed by atoms with van der Waals surface area (Å²) < 4.78 is 38.5. The summed E-state index contributed by atoms with van der Waals surface area (Å²) in [6.45, 7) is 0. The van der Waals surface area contributed by atoms with Gasteiger partial charge in [0, 0.05) is 30.2 Å². The monoisotopic (exact) mass is 360 g/mol. The van der Waals surface area contributed by atoms with Crippen molar-refractivity contribution in [1.82, 2.24) is 9.38 Å². The van der Waals surface area contributed by atoms with Crippen LogP contribution in [0, 0.1) is 0 Å². The minimum Gasteiger partial charge on any atom is -0.300 e. The van der Waals surface area contributed by atoms with Gasteiger partial charge in [0.2, 0.25) is 0 Å². The Kier molecular flexibility index (Phi) is 4.88. The molecule has 0 aliphatic rings. The van der Waals surface area contributed by atoms with Crippen LogP contribution in [0.5, 0.6) is 0 Å². The molecule has 7 heteroatoms.